The van der Waals surface area contributed by atoms with Crippen LogP contribution in [0.25, 0.3) is 10.9 Å². The van der Waals surface area contributed by atoms with Crippen LogP contribution in [0.4, 0.5) is 0 Å². The number of nitrogens with one attached hydrogen (secondary N) is 1. The number of nitrogens with zero attached hydrogens (tertiary/aromatic N) is 1. The van der Waals surface area contributed by atoms with Gasteiger partial charge in [0.2, 0.25) is 0 Å². The first-order valence-corrected chi connectivity index (χ1v) is 7.97. The summed E-state index contributed by atoms with van der Waals surface area (Å²) in [5.74, 6) is 0. The topological polar surface area (TPSA) is 36.1 Å². The van der Waals surface area contributed by atoms with E-state index >= 15 is 0 Å². The number of hydrogen-bond donors (Lipinski definition) is 1. The number of benzene rings is 2. The van der Waals surface area contributed by atoms with E-state index in [0.717, 1.165) is 29.4 Å². The van der Waals surface area contributed by atoms with Crippen LogP contribution >= 0.6 is 0 Å². The highest BCUT2D eigenvalue weighted by molar-refractivity contribution is 5.79. The second kappa shape index (κ2) is 6.80. The van der Waals surface area contributed by atoms with Crippen molar-refractivity contribution in [3.8, 4) is 0 Å². The summed E-state index contributed by atoms with van der Waals surface area (Å²) in [4.78, 5) is 17.4. The van der Waals surface area contributed by atoms with Crippen LogP contribution in [0.3, 0.4) is 0 Å². The molecule has 0 aliphatic heterocycles. The van der Waals surface area contributed by atoms with Crippen molar-refractivity contribution in [1.29, 1.82) is 0 Å². The molecule has 0 unspecified atom stereocenters. The number of aromatic amines is 1. The van der Waals surface area contributed by atoms with Crippen LogP contribution in [0.2, 0.25) is 0 Å². The van der Waals surface area contributed by atoms with Gasteiger partial charge in [-0.2, -0.15) is 0 Å². The molecule has 0 spiro atoms. The van der Waals surface area contributed by atoms with Gasteiger partial charge in [-0.15, -0.1) is 0 Å². The smallest absolute Gasteiger partial charge is 0.252 e. The quantitative estimate of drug-likeness (QED) is 0.783. The lowest BCUT2D eigenvalue weighted by atomic mass is 10.1. The zero-order valence-electron chi connectivity index (χ0n) is 13.7. The molecule has 1 heterocycles. The maximum atomic E-state index is 12.2. The van der Waals surface area contributed by atoms with E-state index in [1.807, 2.05) is 24.3 Å². The molecule has 23 heavy (non-hydrogen) atoms. The van der Waals surface area contributed by atoms with Gasteiger partial charge in [0, 0.05) is 24.2 Å². The van der Waals surface area contributed by atoms with Crippen molar-refractivity contribution in [2.45, 2.75) is 19.9 Å². The Morgan fingerprint density at radius 1 is 1.04 bits per heavy atom. The van der Waals surface area contributed by atoms with E-state index in [0.29, 0.717) is 6.54 Å². The summed E-state index contributed by atoms with van der Waals surface area (Å²) >= 11 is 0. The first-order valence-electron chi connectivity index (χ1n) is 7.97. The fraction of sp³-hybridized carbons (Fsp3) is 0.250. The van der Waals surface area contributed by atoms with Crippen molar-refractivity contribution in [1.82, 2.24) is 9.88 Å². The minimum absolute atomic E-state index is 0.00733. The summed E-state index contributed by atoms with van der Waals surface area (Å²) in [6, 6.07) is 18.5. The molecule has 1 N–H and O–H groups in total. The van der Waals surface area contributed by atoms with Gasteiger partial charge in [0.1, 0.15) is 0 Å². The van der Waals surface area contributed by atoms with E-state index in [1.165, 1.54) is 11.1 Å². The van der Waals surface area contributed by atoms with Crippen LogP contribution in [0.5, 0.6) is 0 Å². The average Bonchev–Trinajstić information content (AvgIpc) is 2.55. The highest BCUT2D eigenvalue weighted by atomic mass is 16.1. The van der Waals surface area contributed by atoms with Crippen molar-refractivity contribution in [3.63, 3.8) is 0 Å². The molecule has 3 nitrogen and oxygen atoms in total. The molecule has 0 amide bonds. The minimum Gasteiger partial charge on any atom is -0.322 e. The van der Waals surface area contributed by atoms with E-state index in [-0.39, 0.29) is 5.56 Å². The normalized spacial score (nSPS) is 11.3. The second-order valence-corrected chi connectivity index (χ2v) is 6.19. The third-order valence-corrected chi connectivity index (χ3v) is 4.14. The summed E-state index contributed by atoms with van der Waals surface area (Å²) in [6.45, 7) is 3.65. The zero-order valence-corrected chi connectivity index (χ0v) is 13.7. The number of aromatic nitrogens is 1. The van der Waals surface area contributed by atoms with Gasteiger partial charge in [0.05, 0.1) is 0 Å². The average molecular weight is 306 g/mol. The van der Waals surface area contributed by atoms with Crippen molar-refractivity contribution >= 4 is 10.9 Å². The number of pyridine rings is 1. The number of rotatable bonds is 5. The Hall–Kier alpha value is -2.39. The number of fused-ring (bicyclic) bond motifs is 1. The Kier molecular flexibility index (Phi) is 4.58. The Bertz CT molecular complexity index is 852. The molecule has 0 atom stereocenters. The molecule has 0 bridgehead atoms. The molecule has 3 rings (SSSR count). The molecule has 0 fully saturated rings. The molecule has 0 aliphatic rings. The SMILES string of the molecule is Cc1ccc2[nH]c(=O)c(CN(C)CCc3ccccc3)cc2c1. The molecular formula is C20H22N2O. The van der Waals surface area contributed by atoms with E-state index in [1.54, 1.807) is 0 Å². The maximum Gasteiger partial charge on any atom is 0.252 e. The van der Waals surface area contributed by atoms with Gasteiger partial charge < -0.3 is 9.88 Å². The molecular weight excluding hydrogens is 284 g/mol. The Morgan fingerprint density at radius 3 is 2.61 bits per heavy atom. The number of hydrogen-bond acceptors (Lipinski definition) is 2. The Balaban J connectivity index is 1.72. The fourth-order valence-electron chi connectivity index (χ4n) is 2.82. The predicted molar refractivity (Wildman–Crippen MR) is 95.8 cm³/mol. The molecule has 0 aliphatic carbocycles. The van der Waals surface area contributed by atoms with Crippen molar-refractivity contribution in [3.05, 3.63) is 81.6 Å². The lowest BCUT2D eigenvalue weighted by Crippen LogP contribution is -2.25. The van der Waals surface area contributed by atoms with Gasteiger partial charge in [-0.1, -0.05) is 42.0 Å². The standard InChI is InChI=1S/C20H22N2O/c1-15-8-9-19-17(12-15)13-18(20(23)21-19)14-22(2)11-10-16-6-4-3-5-7-16/h3-9,12-13H,10-11,14H2,1-2H3,(H,21,23). The maximum absolute atomic E-state index is 12.2. The number of H-pyrrole nitrogens is 1. The first-order chi connectivity index (χ1) is 11.1. The van der Waals surface area contributed by atoms with Crippen LogP contribution in [0.15, 0.2) is 59.4 Å². The molecule has 3 aromatic rings. The van der Waals surface area contributed by atoms with E-state index < -0.39 is 0 Å². The molecule has 0 radical (unpaired) electrons. The van der Waals surface area contributed by atoms with Crippen LogP contribution in [-0.2, 0) is 13.0 Å². The van der Waals surface area contributed by atoms with Gasteiger partial charge in [-0.3, -0.25) is 4.79 Å². The predicted octanol–water partition coefficient (Wildman–Crippen LogP) is 3.51. The molecule has 3 heteroatoms. The van der Waals surface area contributed by atoms with Crippen LogP contribution in [-0.4, -0.2) is 23.5 Å². The lowest BCUT2D eigenvalue weighted by molar-refractivity contribution is 0.330. The minimum atomic E-state index is 0.00733. The highest BCUT2D eigenvalue weighted by Gasteiger charge is 2.07. The van der Waals surface area contributed by atoms with Crippen molar-refractivity contribution < 1.29 is 0 Å². The van der Waals surface area contributed by atoms with Crippen LogP contribution in [0, 0.1) is 6.92 Å². The summed E-state index contributed by atoms with van der Waals surface area (Å²) in [5.41, 5.74) is 4.25. The summed E-state index contributed by atoms with van der Waals surface area (Å²) < 4.78 is 0. The van der Waals surface area contributed by atoms with Crippen LogP contribution in [0.1, 0.15) is 16.7 Å². The number of likely N-dealkylation sites (N-methyl/N-ethyl adjacent to an activating group) is 1. The first kappa shape index (κ1) is 15.5. The summed E-state index contributed by atoms with van der Waals surface area (Å²) in [6.07, 6.45) is 0.988. The molecule has 2 aromatic carbocycles. The monoisotopic (exact) mass is 306 g/mol. The van der Waals surface area contributed by atoms with E-state index in [2.05, 4.69) is 54.2 Å². The van der Waals surface area contributed by atoms with E-state index in [9.17, 15) is 4.79 Å². The van der Waals surface area contributed by atoms with Gasteiger partial charge in [-0.05, 0) is 49.5 Å². The van der Waals surface area contributed by atoms with Crippen molar-refractivity contribution in [2.75, 3.05) is 13.6 Å². The number of aryl methyl sites for hydroxylation is 1. The van der Waals surface area contributed by atoms with Crippen molar-refractivity contribution in [2.24, 2.45) is 0 Å². The van der Waals surface area contributed by atoms with E-state index in [4.69, 9.17) is 0 Å². The van der Waals surface area contributed by atoms with Gasteiger partial charge in [0.15, 0.2) is 0 Å². The Labute approximate surface area is 136 Å². The van der Waals surface area contributed by atoms with Gasteiger partial charge in [-0.25, -0.2) is 0 Å². The van der Waals surface area contributed by atoms with Crippen LogP contribution < -0.4 is 5.56 Å². The molecule has 0 saturated carbocycles. The third-order valence-electron chi connectivity index (χ3n) is 4.14. The van der Waals surface area contributed by atoms with Gasteiger partial charge in [0.25, 0.3) is 5.56 Å². The third kappa shape index (κ3) is 3.88. The molecule has 118 valence electrons. The zero-order chi connectivity index (χ0) is 16.2. The fourth-order valence-corrected chi connectivity index (χ4v) is 2.82. The molecule has 1 aromatic heterocycles. The van der Waals surface area contributed by atoms with Gasteiger partial charge >= 0.3 is 0 Å². The Morgan fingerprint density at radius 2 is 1.83 bits per heavy atom. The highest BCUT2D eigenvalue weighted by Crippen LogP contribution is 2.14. The summed E-state index contributed by atoms with van der Waals surface area (Å²) in [5, 5.41) is 1.09. The largest absolute Gasteiger partial charge is 0.322 e. The second-order valence-electron chi connectivity index (χ2n) is 6.19. The molecule has 0 saturated heterocycles. The lowest BCUT2D eigenvalue weighted by Gasteiger charge is -2.16. The summed E-state index contributed by atoms with van der Waals surface area (Å²) in [7, 11) is 2.06.